The maximum absolute atomic E-state index is 14.1. The second-order valence-corrected chi connectivity index (χ2v) is 8.87. The number of hydrogen-bond donors (Lipinski definition) is 2. The topological polar surface area (TPSA) is 117 Å². The van der Waals surface area contributed by atoms with Gasteiger partial charge in [-0.25, -0.2) is 14.2 Å². The highest BCUT2D eigenvalue weighted by Crippen LogP contribution is 2.24. The van der Waals surface area contributed by atoms with Gasteiger partial charge in [-0.3, -0.25) is 4.79 Å². The zero-order valence-electron chi connectivity index (χ0n) is 19.8. The molecule has 0 aliphatic carbocycles. The number of esters is 1. The van der Waals surface area contributed by atoms with Gasteiger partial charge in [-0.15, -0.1) is 0 Å². The molecule has 3 rings (SSSR count). The van der Waals surface area contributed by atoms with Crippen molar-refractivity contribution in [3.63, 3.8) is 0 Å². The summed E-state index contributed by atoms with van der Waals surface area (Å²) in [6, 6.07) is 14.5. The Kier molecular flexibility index (Phi) is 8.21. The largest absolute Gasteiger partial charge is 0.460 e. The van der Waals surface area contributed by atoms with Gasteiger partial charge in [0.25, 0.3) is 0 Å². The molecule has 0 saturated heterocycles. The summed E-state index contributed by atoms with van der Waals surface area (Å²) in [6.07, 6.45) is 1.05. The molecule has 0 saturated carbocycles. The van der Waals surface area contributed by atoms with Crippen molar-refractivity contribution < 1.29 is 23.5 Å². The van der Waals surface area contributed by atoms with Crippen LogP contribution in [0.1, 0.15) is 56.6 Å². The van der Waals surface area contributed by atoms with Crippen LogP contribution >= 0.6 is 0 Å². The summed E-state index contributed by atoms with van der Waals surface area (Å²) in [4.78, 5) is 32.1. The summed E-state index contributed by atoms with van der Waals surface area (Å²) in [5, 5.41) is 11.7. The first-order valence-corrected chi connectivity index (χ1v) is 11.1. The van der Waals surface area contributed by atoms with Crippen LogP contribution in [0.3, 0.4) is 0 Å². The molecule has 0 radical (unpaired) electrons. The van der Waals surface area contributed by atoms with Crippen LogP contribution in [0.4, 0.5) is 9.18 Å². The maximum Gasteiger partial charge on any atom is 0.408 e. The molecule has 182 valence electrons. The zero-order valence-corrected chi connectivity index (χ0v) is 19.8. The van der Waals surface area contributed by atoms with Crippen LogP contribution in [0, 0.1) is 17.1 Å². The third-order valence-electron chi connectivity index (χ3n) is 4.89. The average molecular weight is 479 g/mol. The number of aromatic nitrogens is 2. The Morgan fingerprint density at radius 1 is 1.20 bits per heavy atom. The van der Waals surface area contributed by atoms with E-state index in [1.807, 2.05) is 30.3 Å². The van der Waals surface area contributed by atoms with E-state index in [-0.39, 0.29) is 25.0 Å². The van der Waals surface area contributed by atoms with Gasteiger partial charge in [0.05, 0.1) is 23.5 Å². The maximum atomic E-state index is 14.1. The Bertz CT molecular complexity index is 1210. The number of nitrogens with one attached hydrogen (secondary N) is 2. The minimum absolute atomic E-state index is 0.0302. The van der Waals surface area contributed by atoms with Gasteiger partial charge in [0.1, 0.15) is 29.9 Å². The molecule has 0 unspecified atom stereocenters. The standard InChI is InChI=1S/C26H27FN4O4/c1-26(2,3)35-23(32)12-11-21(31-25(33)34-16-17-7-5-4-6-8-17)24-29-15-22(30-24)18-9-10-19(14-28)20(27)13-18/h4-10,13,15,21H,11-12,16H2,1-3H3,(H,29,30)(H,31,33)/t21-/m0/s1. The highest BCUT2D eigenvalue weighted by Gasteiger charge is 2.23. The lowest BCUT2D eigenvalue weighted by molar-refractivity contribution is -0.155. The number of benzene rings is 2. The Morgan fingerprint density at radius 2 is 1.94 bits per heavy atom. The number of H-pyrrole nitrogens is 1. The molecule has 0 spiro atoms. The highest BCUT2D eigenvalue weighted by atomic mass is 19.1. The number of ether oxygens (including phenoxy) is 2. The van der Waals surface area contributed by atoms with Gasteiger partial charge in [0.2, 0.25) is 0 Å². The van der Waals surface area contributed by atoms with Crippen molar-refractivity contribution in [1.29, 1.82) is 5.26 Å². The third-order valence-corrected chi connectivity index (χ3v) is 4.89. The van der Waals surface area contributed by atoms with E-state index in [9.17, 15) is 14.0 Å². The number of aromatic amines is 1. The van der Waals surface area contributed by atoms with Crippen molar-refractivity contribution in [3.05, 3.63) is 77.5 Å². The average Bonchev–Trinajstić information content (AvgIpc) is 3.30. The summed E-state index contributed by atoms with van der Waals surface area (Å²) in [6.45, 7) is 5.41. The molecule has 9 heteroatoms. The monoisotopic (exact) mass is 478 g/mol. The lowest BCUT2D eigenvalue weighted by Gasteiger charge is -2.21. The van der Waals surface area contributed by atoms with Gasteiger partial charge in [0, 0.05) is 12.0 Å². The fraction of sp³-hybridized carbons (Fsp3) is 0.308. The Balaban J connectivity index is 1.74. The first-order chi connectivity index (χ1) is 16.6. The van der Waals surface area contributed by atoms with Crippen LogP contribution in [0.2, 0.25) is 0 Å². The molecule has 8 nitrogen and oxygen atoms in total. The van der Waals surface area contributed by atoms with Crippen molar-refractivity contribution >= 4 is 12.1 Å². The molecule has 1 aromatic heterocycles. The molecule has 0 bridgehead atoms. The van der Waals surface area contributed by atoms with Crippen LogP contribution in [0.5, 0.6) is 0 Å². The summed E-state index contributed by atoms with van der Waals surface area (Å²) < 4.78 is 24.7. The molecule has 1 heterocycles. The zero-order chi connectivity index (χ0) is 25.4. The highest BCUT2D eigenvalue weighted by molar-refractivity contribution is 5.71. The van der Waals surface area contributed by atoms with E-state index in [2.05, 4.69) is 15.3 Å². The van der Waals surface area contributed by atoms with Gasteiger partial charge >= 0.3 is 12.1 Å². The van der Waals surface area contributed by atoms with Crippen molar-refractivity contribution in [1.82, 2.24) is 15.3 Å². The molecule has 1 atom stereocenters. The summed E-state index contributed by atoms with van der Waals surface area (Å²) in [5.74, 6) is -0.696. The second kappa shape index (κ2) is 11.3. The normalized spacial score (nSPS) is 11.9. The van der Waals surface area contributed by atoms with Crippen LogP contribution in [0.25, 0.3) is 11.3 Å². The molecular weight excluding hydrogens is 451 g/mol. The molecule has 2 aromatic carbocycles. The summed E-state index contributed by atoms with van der Waals surface area (Å²) in [7, 11) is 0. The van der Waals surface area contributed by atoms with Crippen molar-refractivity contribution in [2.45, 2.75) is 51.9 Å². The van der Waals surface area contributed by atoms with Gasteiger partial charge in [-0.05, 0) is 44.9 Å². The molecule has 35 heavy (non-hydrogen) atoms. The summed E-state index contributed by atoms with van der Waals surface area (Å²) in [5.41, 5.74) is 1.11. The fourth-order valence-electron chi connectivity index (χ4n) is 3.27. The molecule has 1 amide bonds. The molecule has 0 fully saturated rings. The number of nitriles is 1. The van der Waals surface area contributed by atoms with Gasteiger partial charge in [-0.2, -0.15) is 5.26 Å². The molecule has 0 aliphatic heterocycles. The second-order valence-electron chi connectivity index (χ2n) is 8.87. The molecule has 0 aliphatic rings. The minimum Gasteiger partial charge on any atom is -0.460 e. The van der Waals surface area contributed by atoms with E-state index < -0.39 is 29.5 Å². The number of imidazole rings is 1. The van der Waals surface area contributed by atoms with E-state index in [4.69, 9.17) is 14.7 Å². The smallest absolute Gasteiger partial charge is 0.408 e. The molecule has 3 aromatic rings. The van der Waals surface area contributed by atoms with Crippen molar-refractivity contribution in [3.8, 4) is 17.3 Å². The molecular formula is C26H27FN4O4. The predicted molar refractivity (Wildman–Crippen MR) is 126 cm³/mol. The first kappa shape index (κ1) is 25.4. The van der Waals surface area contributed by atoms with E-state index in [0.717, 1.165) is 5.56 Å². The number of halogens is 1. The Labute approximate surface area is 203 Å². The van der Waals surface area contributed by atoms with Crippen LogP contribution < -0.4 is 5.32 Å². The van der Waals surface area contributed by atoms with Crippen LogP contribution in [-0.4, -0.2) is 27.6 Å². The van der Waals surface area contributed by atoms with E-state index in [0.29, 0.717) is 17.1 Å². The lowest BCUT2D eigenvalue weighted by Crippen LogP contribution is -2.31. The van der Waals surface area contributed by atoms with Crippen molar-refractivity contribution in [2.75, 3.05) is 0 Å². The fourth-order valence-corrected chi connectivity index (χ4v) is 3.27. The molecule has 2 N–H and O–H groups in total. The number of carbonyl (C=O) groups is 2. The quantitative estimate of drug-likeness (QED) is 0.431. The Hall–Kier alpha value is -4.19. The van der Waals surface area contributed by atoms with Gasteiger partial charge in [0.15, 0.2) is 0 Å². The van der Waals surface area contributed by atoms with Gasteiger partial charge < -0.3 is 19.8 Å². The predicted octanol–water partition coefficient (Wildman–Crippen LogP) is 5.18. The number of amides is 1. The Morgan fingerprint density at radius 3 is 2.60 bits per heavy atom. The van der Waals surface area contributed by atoms with E-state index in [1.165, 1.54) is 18.3 Å². The minimum atomic E-state index is -0.692. The number of hydrogen-bond acceptors (Lipinski definition) is 6. The van der Waals surface area contributed by atoms with Crippen LogP contribution in [-0.2, 0) is 20.9 Å². The first-order valence-electron chi connectivity index (χ1n) is 11.1. The number of nitrogens with zero attached hydrogens (tertiary/aromatic N) is 2. The van der Waals surface area contributed by atoms with Crippen molar-refractivity contribution in [2.24, 2.45) is 0 Å². The van der Waals surface area contributed by atoms with Crippen LogP contribution in [0.15, 0.2) is 54.7 Å². The summed E-state index contributed by atoms with van der Waals surface area (Å²) >= 11 is 0. The number of rotatable bonds is 8. The third kappa shape index (κ3) is 7.67. The lowest BCUT2D eigenvalue weighted by atomic mass is 10.1. The van der Waals surface area contributed by atoms with Gasteiger partial charge in [-0.1, -0.05) is 36.4 Å². The van der Waals surface area contributed by atoms with E-state index in [1.54, 1.807) is 32.9 Å². The van der Waals surface area contributed by atoms with E-state index >= 15 is 0 Å². The SMILES string of the molecule is CC(C)(C)OC(=O)CC[C@H](NC(=O)OCc1ccccc1)c1ncc(-c2ccc(C#N)c(F)c2)[nH]1. The number of carbonyl (C=O) groups excluding carboxylic acids is 2. The number of alkyl carbamates (subject to hydrolysis) is 1.